The molecule has 5 nitrogen and oxygen atoms in total. The number of ketones is 1. The number of amides is 1. The second kappa shape index (κ2) is 6.32. The molecule has 0 unspecified atom stereocenters. The van der Waals surface area contributed by atoms with E-state index in [1.54, 1.807) is 23.6 Å². The van der Waals surface area contributed by atoms with Gasteiger partial charge in [0.2, 0.25) is 0 Å². The molecule has 6 heteroatoms. The molecule has 3 aromatic rings. The number of carbonyl (C=O) groups excluding carboxylic acids is 2. The van der Waals surface area contributed by atoms with Crippen molar-refractivity contribution < 1.29 is 9.59 Å². The smallest absolute Gasteiger partial charge is 0.253 e. The first kappa shape index (κ1) is 16.2. The van der Waals surface area contributed by atoms with E-state index in [0.29, 0.717) is 29.8 Å². The predicted molar refractivity (Wildman–Crippen MR) is 106 cm³/mol. The summed E-state index contributed by atoms with van der Waals surface area (Å²) in [5.74, 6) is -0.0100. The minimum Gasteiger partial charge on any atom is -0.345 e. The van der Waals surface area contributed by atoms with Crippen LogP contribution in [0.5, 0.6) is 0 Å². The van der Waals surface area contributed by atoms with Crippen LogP contribution in [0.2, 0.25) is 0 Å². The summed E-state index contributed by atoms with van der Waals surface area (Å²) in [5.41, 5.74) is 3.80. The third-order valence-electron chi connectivity index (χ3n) is 5.23. The molecular weight excluding hydrogens is 358 g/mol. The summed E-state index contributed by atoms with van der Waals surface area (Å²) < 4.78 is 0. The number of fused-ring (bicyclic) bond motifs is 3. The van der Waals surface area contributed by atoms with Gasteiger partial charge in [-0.05, 0) is 23.3 Å². The van der Waals surface area contributed by atoms with Gasteiger partial charge < -0.3 is 9.80 Å². The maximum absolute atomic E-state index is 13.0. The number of benzene rings is 2. The first-order valence-electron chi connectivity index (χ1n) is 8.94. The van der Waals surface area contributed by atoms with Crippen molar-refractivity contribution in [1.82, 2.24) is 9.88 Å². The fourth-order valence-electron chi connectivity index (χ4n) is 3.82. The van der Waals surface area contributed by atoms with Crippen LogP contribution in [-0.2, 0) is 0 Å². The Kier molecular flexibility index (Phi) is 3.79. The summed E-state index contributed by atoms with van der Waals surface area (Å²) in [6, 6.07) is 13.1. The van der Waals surface area contributed by atoms with E-state index in [1.807, 2.05) is 46.7 Å². The maximum atomic E-state index is 13.0. The highest BCUT2D eigenvalue weighted by Crippen LogP contribution is 2.36. The van der Waals surface area contributed by atoms with Gasteiger partial charge in [-0.1, -0.05) is 30.3 Å². The summed E-state index contributed by atoms with van der Waals surface area (Å²) in [6.45, 7) is 2.86. The third kappa shape index (κ3) is 2.64. The molecule has 1 amide bonds. The lowest BCUT2D eigenvalue weighted by atomic mass is 10.0. The summed E-state index contributed by atoms with van der Waals surface area (Å²) in [6.07, 6.45) is 1.80. The van der Waals surface area contributed by atoms with Crippen molar-refractivity contribution in [3.05, 3.63) is 70.7 Å². The Morgan fingerprint density at radius 1 is 0.926 bits per heavy atom. The number of hydrogen-bond donors (Lipinski definition) is 0. The monoisotopic (exact) mass is 375 g/mol. The second-order valence-electron chi connectivity index (χ2n) is 6.73. The van der Waals surface area contributed by atoms with Crippen LogP contribution in [0.4, 0.5) is 5.13 Å². The van der Waals surface area contributed by atoms with Gasteiger partial charge in [0.25, 0.3) is 5.91 Å². The van der Waals surface area contributed by atoms with Crippen molar-refractivity contribution in [2.45, 2.75) is 0 Å². The van der Waals surface area contributed by atoms with Gasteiger partial charge in [-0.25, -0.2) is 4.98 Å². The van der Waals surface area contributed by atoms with E-state index in [-0.39, 0.29) is 11.7 Å². The Bertz CT molecular complexity index is 1040. The van der Waals surface area contributed by atoms with E-state index < -0.39 is 0 Å². The van der Waals surface area contributed by atoms with E-state index in [0.717, 1.165) is 29.3 Å². The molecule has 0 saturated carbocycles. The van der Waals surface area contributed by atoms with Crippen LogP contribution in [0, 0.1) is 0 Å². The van der Waals surface area contributed by atoms with Crippen molar-refractivity contribution in [1.29, 1.82) is 0 Å². The van der Waals surface area contributed by atoms with Crippen molar-refractivity contribution >= 4 is 28.2 Å². The van der Waals surface area contributed by atoms with E-state index in [9.17, 15) is 9.59 Å². The van der Waals surface area contributed by atoms with Gasteiger partial charge in [0.1, 0.15) is 0 Å². The van der Waals surface area contributed by atoms with Gasteiger partial charge in [0, 0.05) is 54.4 Å². The minimum absolute atomic E-state index is 0.00355. The van der Waals surface area contributed by atoms with Crippen LogP contribution in [0.1, 0.15) is 26.3 Å². The molecule has 1 saturated heterocycles. The molecule has 0 bridgehead atoms. The molecule has 2 heterocycles. The molecule has 27 heavy (non-hydrogen) atoms. The van der Waals surface area contributed by atoms with Crippen molar-refractivity contribution in [2.75, 3.05) is 31.1 Å². The zero-order chi connectivity index (χ0) is 18.4. The van der Waals surface area contributed by atoms with Gasteiger partial charge in [-0.15, -0.1) is 11.3 Å². The molecule has 1 aromatic heterocycles. The topological polar surface area (TPSA) is 53.5 Å². The zero-order valence-electron chi connectivity index (χ0n) is 14.6. The minimum atomic E-state index is -0.0136. The quantitative estimate of drug-likeness (QED) is 0.539. The zero-order valence-corrected chi connectivity index (χ0v) is 15.4. The number of nitrogens with zero attached hydrogens (tertiary/aromatic N) is 3. The van der Waals surface area contributed by atoms with E-state index in [1.165, 1.54) is 0 Å². The number of hydrogen-bond acceptors (Lipinski definition) is 5. The molecule has 1 aliphatic heterocycles. The Morgan fingerprint density at radius 2 is 1.67 bits per heavy atom. The highest BCUT2D eigenvalue weighted by molar-refractivity contribution is 7.13. The number of aromatic nitrogens is 1. The van der Waals surface area contributed by atoms with Gasteiger partial charge in [-0.3, -0.25) is 9.59 Å². The van der Waals surface area contributed by atoms with Crippen molar-refractivity contribution in [2.24, 2.45) is 0 Å². The average Bonchev–Trinajstić information content (AvgIpc) is 3.35. The lowest BCUT2D eigenvalue weighted by Crippen LogP contribution is -2.48. The summed E-state index contributed by atoms with van der Waals surface area (Å²) in [7, 11) is 0. The van der Waals surface area contributed by atoms with E-state index in [2.05, 4.69) is 9.88 Å². The average molecular weight is 375 g/mol. The fraction of sp³-hybridized carbons (Fsp3) is 0.190. The van der Waals surface area contributed by atoms with Crippen molar-refractivity contribution in [3.63, 3.8) is 0 Å². The summed E-state index contributed by atoms with van der Waals surface area (Å²) in [4.78, 5) is 34.0. The fourth-order valence-corrected chi connectivity index (χ4v) is 4.51. The molecule has 1 fully saturated rings. The molecular formula is C21H17N3O2S. The summed E-state index contributed by atoms with van der Waals surface area (Å²) >= 11 is 1.62. The molecule has 2 aliphatic rings. The third-order valence-corrected chi connectivity index (χ3v) is 6.06. The van der Waals surface area contributed by atoms with Crippen LogP contribution in [0.25, 0.3) is 11.1 Å². The number of thiazole rings is 1. The number of anilines is 1. The number of rotatable bonds is 2. The van der Waals surface area contributed by atoms with Gasteiger partial charge in [0.15, 0.2) is 10.9 Å². The lowest BCUT2D eigenvalue weighted by molar-refractivity contribution is 0.0747. The molecule has 0 N–H and O–H groups in total. The summed E-state index contributed by atoms with van der Waals surface area (Å²) in [5, 5.41) is 2.97. The SMILES string of the molecule is O=C1c2ccccc2-c2ccc(C(=O)N3CCN(c4nccs4)CC3)cc21. The van der Waals surface area contributed by atoms with Crippen LogP contribution >= 0.6 is 11.3 Å². The first-order valence-corrected chi connectivity index (χ1v) is 9.82. The Balaban J connectivity index is 1.36. The van der Waals surface area contributed by atoms with Gasteiger partial charge in [-0.2, -0.15) is 0 Å². The van der Waals surface area contributed by atoms with E-state index in [4.69, 9.17) is 0 Å². The number of carbonyl (C=O) groups is 2. The maximum Gasteiger partial charge on any atom is 0.253 e. The largest absolute Gasteiger partial charge is 0.345 e. The molecule has 1 aliphatic carbocycles. The predicted octanol–water partition coefficient (Wildman–Crippen LogP) is 3.32. The van der Waals surface area contributed by atoms with Gasteiger partial charge >= 0.3 is 0 Å². The second-order valence-corrected chi connectivity index (χ2v) is 7.60. The van der Waals surface area contributed by atoms with E-state index >= 15 is 0 Å². The molecule has 0 atom stereocenters. The van der Waals surface area contributed by atoms with Crippen LogP contribution < -0.4 is 4.90 Å². The van der Waals surface area contributed by atoms with Crippen LogP contribution in [0.15, 0.2) is 54.0 Å². The van der Waals surface area contributed by atoms with Gasteiger partial charge in [0.05, 0.1) is 0 Å². The first-order chi connectivity index (χ1) is 13.2. The lowest BCUT2D eigenvalue weighted by Gasteiger charge is -2.34. The molecule has 5 rings (SSSR count). The van der Waals surface area contributed by atoms with Crippen LogP contribution in [-0.4, -0.2) is 47.8 Å². The molecule has 134 valence electrons. The Morgan fingerprint density at radius 3 is 2.41 bits per heavy atom. The standard InChI is InChI=1S/C21H17N3O2S/c25-19-17-4-2-1-3-15(17)16-6-5-14(13-18(16)19)20(26)23-8-10-24(11-9-23)21-22-7-12-27-21/h1-7,12-13H,8-11H2. The molecule has 2 aromatic carbocycles. The number of piperazine rings is 1. The van der Waals surface area contributed by atoms with Crippen LogP contribution in [0.3, 0.4) is 0 Å². The Labute approximate surface area is 160 Å². The molecule has 0 radical (unpaired) electrons. The van der Waals surface area contributed by atoms with Crippen molar-refractivity contribution in [3.8, 4) is 11.1 Å². The Hall–Kier alpha value is -2.99. The highest BCUT2D eigenvalue weighted by atomic mass is 32.1. The molecule has 0 spiro atoms. The normalized spacial score (nSPS) is 15.6. The highest BCUT2D eigenvalue weighted by Gasteiger charge is 2.29.